The third-order valence-corrected chi connectivity index (χ3v) is 6.16. The predicted octanol–water partition coefficient (Wildman–Crippen LogP) is 2.96. The summed E-state index contributed by atoms with van der Waals surface area (Å²) in [6.45, 7) is 2.43. The fourth-order valence-corrected chi connectivity index (χ4v) is 4.44. The van der Waals surface area contributed by atoms with Crippen LogP contribution in [-0.2, 0) is 0 Å². The summed E-state index contributed by atoms with van der Waals surface area (Å²) in [5, 5.41) is 9.50. The van der Waals surface area contributed by atoms with Crippen LogP contribution < -0.4 is 15.1 Å². The van der Waals surface area contributed by atoms with Crippen LogP contribution in [0.1, 0.15) is 42.1 Å². The van der Waals surface area contributed by atoms with Crippen LogP contribution in [0.2, 0.25) is 0 Å². The highest BCUT2D eigenvalue weighted by Crippen LogP contribution is 2.44. The summed E-state index contributed by atoms with van der Waals surface area (Å²) in [4.78, 5) is 28.5. The number of methoxy groups -OCH3 is 1. The van der Waals surface area contributed by atoms with Crippen molar-refractivity contribution in [1.82, 2.24) is 9.47 Å². The van der Waals surface area contributed by atoms with Crippen LogP contribution in [-0.4, -0.2) is 61.4 Å². The lowest BCUT2D eigenvalue weighted by molar-refractivity contribution is 0.0695. The first-order valence-electron chi connectivity index (χ1n) is 10.4. The average Bonchev–Trinajstić information content (AvgIpc) is 3.43. The number of anilines is 1. The lowest BCUT2D eigenvalue weighted by atomic mass is 10.0. The summed E-state index contributed by atoms with van der Waals surface area (Å²) in [5.74, 6) is -1.07. The standard InChI is InChI=1S/C22H28FN3O4/c1-24(2)8-6-13-7-9-25(11-13)19-17(23)10-15-18(21(19)30-3)26(14-4-5-14)12-16(20(15)27)22(28)29/h10,12-14H,4-9,11H2,1-3H3,(H,28,29). The number of fused-ring (bicyclic) bond motifs is 1. The van der Waals surface area contributed by atoms with Gasteiger partial charge in [-0.05, 0) is 58.3 Å². The Morgan fingerprint density at radius 3 is 2.67 bits per heavy atom. The molecule has 2 fully saturated rings. The predicted molar refractivity (Wildman–Crippen MR) is 113 cm³/mol. The van der Waals surface area contributed by atoms with Gasteiger partial charge < -0.3 is 24.2 Å². The number of ether oxygens (including phenoxy) is 1. The SMILES string of the molecule is COc1c(N2CCC(CCN(C)C)C2)c(F)cc2c(=O)c(C(=O)O)cn(C3CC3)c12. The summed E-state index contributed by atoms with van der Waals surface area (Å²) >= 11 is 0. The first-order valence-corrected chi connectivity index (χ1v) is 10.4. The van der Waals surface area contributed by atoms with E-state index in [1.165, 1.54) is 19.4 Å². The second-order valence-corrected chi connectivity index (χ2v) is 8.64. The third-order valence-electron chi connectivity index (χ3n) is 6.16. The number of benzene rings is 1. The van der Waals surface area contributed by atoms with Crippen molar-refractivity contribution in [3.63, 3.8) is 0 Å². The van der Waals surface area contributed by atoms with E-state index in [-0.39, 0.29) is 17.0 Å². The molecule has 2 heterocycles. The molecule has 0 bridgehead atoms. The zero-order chi connectivity index (χ0) is 21.6. The molecule has 1 aliphatic heterocycles. The number of hydrogen-bond acceptors (Lipinski definition) is 5. The van der Waals surface area contributed by atoms with Crippen LogP contribution in [0, 0.1) is 11.7 Å². The molecule has 0 amide bonds. The molecule has 1 aliphatic carbocycles. The Morgan fingerprint density at radius 2 is 2.07 bits per heavy atom. The van der Waals surface area contributed by atoms with Crippen molar-refractivity contribution >= 4 is 22.6 Å². The normalized spacial score (nSPS) is 19.1. The van der Waals surface area contributed by atoms with Crippen LogP contribution in [0.15, 0.2) is 17.1 Å². The Morgan fingerprint density at radius 1 is 1.33 bits per heavy atom. The molecule has 1 aromatic carbocycles. The van der Waals surface area contributed by atoms with Crippen molar-refractivity contribution in [3.8, 4) is 5.75 Å². The quantitative estimate of drug-likeness (QED) is 0.747. The van der Waals surface area contributed by atoms with Crippen LogP contribution >= 0.6 is 0 Å². The van der Waals surface area contributed by atoms with E-state index in [0.29, 0.717) is 22.9 Å². The molecule has 4 rings (SSSR count). The molecule has 8 heteroatoms. The van der Waals surface area contributed by atoms with Crippen molar-refractivity contribution < 1.29 is 19.0 Å². The Hall–Kier alpha value is -2.61. The zero-order valence-corrected chi connectivity index (χ0v) is 17.7. The minimum Gasteiger partial charge on any atom is -0.492 e. The number of rotatable bonds is 7. The minimum absolute atomic E-state index is 0.0586. The minimum atomic E-state index is -1.30. The lowest BCUT2D eigenvalue weighted by Gasteiger charge is -2.25. The molecule has 7 nitrogen and oxygen atoms in total. The first kappa shape index (κ1) is 20.7. The Kier molecular flexibility index (Phi) is 5.44. The monoisotopic (exact) mass is 417 g/mol. The van der Waals surface area contributed by atoms with Gasteiger partial charge in [-0.25, -0.2) is 9.18 Å². The summed E-state index contributed by atoms with van der Waals surface area (Å²) < 4.78 is 22.8. The molecule has 2 aliphatic rings. The molecular weight excluding hydrogens is 389 g/mol. The number of carboxylic acid groups (broad SMARTS) is 1. The number of hydrogen-bond donors (Lipinski definition) is 1. The van der Waals surface area contributed by atoms with Gasteiger partial charge in [0.2, 0.25) is 5.43 Å². The molecule has 0 spiro atoms. The van der Waals surface area contributed by atoms with Gasteiger partial charge >= 0.3 is 5.97 Å². The van der Waals surface area contributed by atoms with Crippen molar-refractivity contribution in [1.29, 1.82) is 0 Å². The largest absolute Gasteiger partial charge is 0.492 e. The highest BCUT2D eigenvalue weighted by atomic mass is 19.1. The Labute approximate surface area is 174 Å². The van der Waals surface area contributed by atoms with Crippen LogP contribution in [0.5, 0.6) is 5.75 Å². The number of aromatic carboxylic acids is 1. The maximum Gasteiger partial charge on any atom is 0.341 e. The van der Waals surface area contributed by atoms with Crippen molar-refractivity contribution in [2.24, 2.45) is 5.92 Å². The van der Waals surface area contributed by atoms with Gasteiger partial charge in [-0.15, -0.1) is 0 Å². The molecule has 30 heavy (non-hydrogen) atoms. The van der Waals surface area contributed by atoms with E-state index in [2.05, 4.69) is 4.90 Å². The summed E-state index contributed by atoms with van der Waals surface area (Å²) in [5.41, 5.74) is -0.158. The summed E-state index contributed by atoms with van der Waals surface area (Å²) in [6, 6.07) is 1.29. The van der Waals surface area contributed by atoms with Gasteiger partial charge in [0.1, 0.15) is 11.3 Å². The fraction of sp³-hybridized carbons (Fsp3) is 0.545. The topological polar surface area (TPSA) is 75.0 Å². The Bertz CT molecular complexity index is 1050. The van der Waals surface area contributed by atoms with Gasteiger partial charge in [0.15, 0.2) is 11.6 Å². The number of carboxylic acids is 1. The summed E-state index contributed by atoms with van der Waals surface area (Å²) in [6.07, 6.45) is 5.18. The molecule has 162 valence electrons. The number of aromatic nitrogens is 1. The van der Waals surface area contributed by atoms with Crippen LogP contribution in [0.25, 0.3) is 10.9 Å². The van der Waals surface area contributed by atoms with Gasteiger partial charge in [-0.3, -0.25) is 4.79 Å². The van der Waals surface area contributed by atoms with E-state index in [1.807, 2.05) is 19.0 Å². The van der Waals surface area contributed by atoms with Crippen molar-refractivity contribution in [2.75, 3.05) is 45.7 Å². The third kappa shape index (κ3) is 3.64. The van der Waals surface area contributed by atoms with Gasteiger partial charge in [0, 0.05) is 25.3 Å². The molecule has 2 aromatic rings. The maximum atomic E-state index is 15.3. The van der Waals surface area contributed by atoms with E-state index < -0.39 is 17.2 Å². The van der Waals surface area contributed by atoms with Crippen LogP contribution in [0.4, 0.5) is 10.1 Å². The molecule has 1 N–H and O–H groups in total. The molecule has 1 aromatic heterocycles. The second-order valence-electron chi connectivity index (χ2n) is 8.64. The number of halogens is 1. The van der Waals surface area contributed by atoms with Gasteiger partial charge in [-0.1, -0.05) is 0 Å². The number of carbonyl (C=O) groups is 1. The van der Waals surface area contributed by atoms with Crippen molar-refractivity contribution in [3.05, 3.63) is 33.9 Å². The molecule has 1 saturated carbocycles. The average molecular weight is 417 g/mol. The maximum absolute atomic E-state index is 15.3. The number of nitrogens with zero attached hydrogens (tertiary/aromatic N) is 3. The van der Waals surface area contributed by atoms with E-state index in [9.17, 15) is 14.7 Å². The van der Waals surface area contributed by atoms with Gasteiger partial charge in [0.25, 0.3) is 0 Å². The molecule has 0 radical (unpaired) electrons. The molecule has 1 saturated heterocycles. The first-order chi connectivity index (χ1) is 14.3. The molecule has 1 unspecified atom stereocenters. The zero-order valence-electron chi connectivity index (χ0n) is 17.7. The van der Waals surface area contributed by atoms with Gasteiger partial charge in [-0.2, -0.15) is 0 Å². The van der Waals surface area contributed by atoms with Gasteiger partial charge in [0.05, 0.1) is 18.0 Å². The summed E-state index contributed by atoms with van der Waals surface area (Å²) in [7, 11) is 5.56. The van der Waals surface area contributed by atoms with E-state index in [1.54, 1.807) is 4.57 Å². The lowest BCUT2D eigenvalue weighted by Crippen LogP contribution is -2.25. The van der Waals surface area contributed by atoms with Crippen LogP contribution in [0.3, 0.4) is 0 Å². The smallest absolute Gasteiger partial charge is 0.341 e. The second kappa shape index (κ2) is 7.91. The highest BCUT2D eigenvalue weighted by molar-refractivity contribution is 5.97. The Balaban J connectivity index is 1.83. The van der Waals surface area contributed by atoms with E-state index >= 15 is 4.39 Å². The van der Waals surface area contributed by atoms with Crippen molar-refractivity contribution in [2.45, 2.75) is 31.7 Å². The molecular formula is C22H28FN3O4. The van der Waals surface area contributed by atoms with E-state index in [4.69, 9.17) is 4.74 Å². The highest BCUT2D eigenvalue weighted by Gasteiger charge is 2.33. The molecule has 1 atom stereocenters. The fourth-order valence-electron chi connectivity index (χ4n) is 4.44. The van der Waals surface area contributed by atoms with E-state index in [0.717, 1.165) is 45.3 Å². The number of pyridine rings is 1.